The van der Waals surface area contributed by atoms with Crippen molar-refractivity contribution in [1.82, 2.24) is 0 Å². The van der Waals surface area contributed by atoms with Crippen molar-refractivity contribution in [1.29, 1.82) is 0 Å². The highest BCUT2D eigenvalue weighted by Gasteiger charge is 2.33. The number of fused-ring (bicyclic) bond motifs is 3. The van der Waals surface area contributed by atoms with Crippen molar-refractivity contribution >= 4 is 44.7 Å². The number of ketones is 1. The van der Waals surface area contributed by atoms with Crippen LogP contribution in [0.25, 0.3) is 21.9 Å². The maximum absolute atomic E-state index is 12.4. The summed E-state index contributed by atoms with van der Waals surface area (Å²) in [6.07, 6.45) is 2.79. The second kappa shape index (κ2) is 7.58. The predicted molar refractivity (Wildman–Crippen MR) is 128 cm³/mol. The smallest absolute Gasteiger partial charge is 0.132 e. The number of carbonyl (C=O) groups excluding carboxylic acids is 1. The fourth-order valence-electron chi connectivity index (χ4n) is 4.28. The summed E-state index contributed by atoms with van der Waals surface area (Å²) in [7, 11) is 0. The lowest BCUT2D eigenvalue weighted by Crippen LogP contribution is -2.31. The summed E-state index contributed by atoms with van der Waals surface area (Å²) in [5.74, 6) is 0.204. The Morgan fingerprint density at radius 2 is 1.63 bits per heavy atom. The summed E-state index contributed by atoms with van der Waals surface area (Å²) < 4.78 is 1.27. The molecule has 0 bridgehead atoms. The van der Waals surface area contributed by atoms with Crippen LogP contribution in [0.4, 0.5) is 5.69 Å². The van der Waals surface area contributed by atoms with Crippen molar-refractivity contribution in [3.05, 3.63) is 100 Å². The molecule has 1 unspecified atom stereocenters. The Hall–Kier alpha value is -3.17. The third-order valence-electron chi connectivity index (χ3n) is 5.68. The molecule has 30 heavy (non-hydrogen) atoms. The molecular formula is C27H23NOS. The van der Waals surface area contributed by atoms with Crippen molar-refractivity contribution in [2.24, 2.45) is 0 Å². The molecule has 2 nitrogen and oxygen atoms in total. The van der Waals surface area contributed by atoms with Crippen LogP contribution in [-0.4, -0.2) is 5.78 Å². The summed E-state index contributed by atoms with van der Waals surface area (Å²) in [5, 5.41) is 1.27. The first-order valence-electron chi connectivity index (χ1n) is 10.3. The first-order chi connectivity index (χ1) is 14.6. The molecule has 0 N–H and O–H groups in total. The lowest BCUT2D eigenvalue weighted by molar-refractivity contribution is -0.117. The van der Waals surface area contributed by atoms with Crippen LogP contribution in [0.1, 0.15) is 41.0 Å². The number of rotatable bonds is 4. The van der Waals surface area contributed by atoms with Gasteiger partial charge in [-0.25, -0.2) is 0 Å². The van der Waals surface area contributed by atoms with E-state index >= 15 is 0 Å². The molecule has 0 fully saturated rings. The van der Waals surface area contributed by atoms with Gasteiger partial charge in [-0.2, -0.15) is 0 Å². The van der Waals surface area contributed by atoms with Gasteiger partial charge in [-0.1, -0.05) is 66.2 Å². The second-order valence-corrected chi connectivity index (χ2v) is 8.98. The van der Waals surface area contributed by atoms with Crippen LogP contribution in [-0.2, 0) is 4.79 Å². The largest absolute Gasteiger partial charge is 0.332 e. The van der Waals surface area contributed by atoms with E-state index in [1.54, 1.807) is 6.92 Å². The minimum absolute atomic E-state index is 0.0159. The van der Waals surface area contributed by atoms with Crippen molar-refractivity contribution < 1.29 is 4.79 Å². The zero-order valence-electron chi connectivity index (χ0n) is 17.1. The van der Waals surface area contributed by atoms with Crippen LogP contribution in [0.3, 0.4) is 0 Å². The maximum atomic E-state index is 12.4. The van der Waals surface area contributed by atoms with Crippen molar-refractivity contribution in [3.63, 3.8) is 0 Å². The lowest BCUT2D eigenvalue weighted by Gasteiger charge is -2.38. The van der Waals surface area contributed by atoms with Crippen molar-refractivity contribution in [3.8, 4) is 0 Å². The number of hydrogen-bond donors (Lipinski definition) is 0. The number of anilines is 1. The molecule has 2 heterocycles. The summed E-state index contributed by atoms with van der Waals surface area (Å²) in [6, 6.07) is 27.6. The Morgan fingerprint density at radius 1 is 0.933 bits per heavy atom. The molecule has 0 radical (unpaired) electrons. The van der Waals surface area contributed by atoms with E-state index in [1.165, 1.54) is 26.1 Å². The molecule has 4 aromatic rings. The Kier molecular flexibility index (Phi) is 4.76. The molecule has 0 saturated heterocycles. The van der Waals surface area contributed by atoms with Crippen LogP contribution in [0.15, 0.2) is 78.9 Å². The summed E-state index contributed by atoms with van der Waals surface area (Å²) >= 11 is 1.81. The zero-order valence-corrected chi connectivity index (χ0v) is 17.9. The van der Waals surface area contributed by atoms with Crippen LogP contribution in [0.5, 0.6) is 0 Å². The standard InChI is InChI=1S/C27H23NOS/c1-18-12-14-21(15-13-18)28-24(20-8-4-3-5-9-20)17-23-22-10-6-7-11-26(22)30-27(23)25(28)16-19(2)29/h3-15,17,25H,16H2,1-2H3. The fourth-order valence-corrected chi connectivity index (χ4v) is 5.56. The molecule has 1 aliphatic heterocycles. The third-order valence-corrected chi connectivity index (χ3v) is 6.97. The molecule has 1 atom stereocenters. The Bertz CT molecular complexity index is 1250. The van der Waals surface area contributed by atoms with E-state index in [0.717, 1.165) is 16.9 Å². The lowest BCUT2D eigenvalue weighted by atomic mass is 9.93. The normalized spacial score (nSPS) is 15.7. The van der Waals surface area contributed by atoms with Gasteiger partial charge in [0, 0.05) is 38.3 Å². The monoisotopic (exact) mass is 409 g/mol. The molecular weight excluding hydrogens is 386 g/mol. The highest BCUT2D eigenvalue weighted by molar-refractivity contribution is 7.19. The average Bonchev–Trinajstić information content (AvgIpc) is 3.13. The van der Waals surface area contributed by atoms with Crippen LogP contribution in [0.2, 0.25) is 0 Å². The fraction of sp³-hybridized carbons (Fsp3) is 0.148. The van der Waals surface area contributed by atoms with Crippen LogP contribution in [0, 0.1) is 6.92 Å². The highest BCUT2D eigenvalue weighted by atomic mass is 32.1. The molecule has 0 spiro atoms. The number of benzene rings is 3. The van der Waals surface area contributed by atoms with Gasteiger partial charge < -0.3 is 4.90 Å². The first-order valence-corrected chi connectivity index (χ1v) is 11.1. The Balaban J connectivity index is 1.79. The van der Waals surface area contributed by atoms with Crippen molar-refractivity contribution in [2.45, 2.75) is 26.3 Å². The van der Waals surface area contributed by atoms with Crippen molar-refractivity contribution in [2.75, 3.05) is 4.90 Å². The molecule has 148 valence electrons. The highest BCUT2D eigenvalue weighted by Crippen LogP contribution is 2.48. The molecule has 1 aliphatic rings. The summed E-state index contributed by atoms with van der Waals surface area (Å²) in [4.78, 5) is 16.0. The molecule has 1 aromatic heterocycles. The van der Waals surface area contributed by atoms with Gasteiger partial charge in [-0.05, 0) is 43.7 Å². The number of Topliss-reactive ketones (excluding diaryl/α,β-unsaturated/α-hetero) is 1. The molecule has 0 saturated carbocycles. The quantitative estimate of drug-likeness (QED) is 0.354. The summed E-state index contributed by atoms with van der Waals surface area (Å²) in [6.45, 7) is 3.80. The first kappa shape index (κ1) is 18.8. The van der Waals surface area contributed by atoms with Gasteiger partial charge in [0.1, 0.15) is 5.78 Å². The SMILES string of the molecule is CC(=O)CC1c2sc3ccccc3c2C=C(c2ccccc2)N1c1ccc(C)cc1. The van der Waals surface area contributed by atoms with E-state index in [-0.39, 0.29) is 11.8 Å². The van der Waals surface area contributed by atoms with Gasteiger partial charge in [0.15, 0.2) is 0 Å². The maximum Gasteiger partial charge on any atom is 0.132 e. The number of hydrogen-bond acceptors (Lipinski definition) is 3. The van der Waals surface area contributed by atoms with Crippen LogP contribution < -0.4 is 4.90 Å². The van der Waals surface area contributed by atoms with Gasteiger partial charge in [-0.3, -0.25) is 4.79 Å². The zero-order chi connectivity index (χ0) is 20.7. The number of aryl methyl sites for hydroxylation is 1. The van der Waals surface area contributed by atoms with E-state index in [4.69, 9.17) is 0 Å². The molecule has 0 amide bonds. The minimum Gasteiger partial charge on any atom is -0.332 e. The Morgan fingerprint density at radius 3 is 2.37 bits per heavy atom. The molecule has 3 heteroatoms. The third kappa shape index (κ3) is 3.25. The number of thiophene rings is 1. The van der Waals surface area contributed by atoms with E-state index in [0.29, 0.717) is 6.42 Å². The second-order valence-electron chi connectivity index (χ2n) is 7.90. The van der Waals surface area contributed by atoms with E-state index in [2.05, 4.69) is 90.7 Å². The molecule has 3 aromatic carbocycles. The van der Waals surface area contributed by atoms with Gasteiger partial charge in [-0.15, -0.1) is 11.3 Å². The van der Waals surface area contributed by atoms with Gasteiger partial charge in [0.25, 0.3) is 0 Å². The summed E-state index contributed by atoms with van der Waals surface area (Å²) in [5.41, 5.74) is 5.90. The van der Waals surface area contributed by atoms with E-state index < -0.39 is 0 Å². The molecule has 5 rings (SSSR count). The van der Waals surface area contributed by atoms with Gasteiger partial charge in [0.05, 0.1) is 6.04 Å². The number of carbonyl (C=O) groups is 1. The minimum atomic E-state index is -0.0159. The van der Waals surface area contributed by atoms with E-state index in [9.17, 15) is 4.79 Å². The van der Waals surface area contributed by atoms with Gasteiger partial charge >= 0.3 is 0 Å². The average molecular weight is 410 g/mol. The van der Waals surface area contributed by atoms with Crippen LogP contribution >= 0.6 is 11.3 Å². The molecule has 0 aliphatic carbocycles. The van der Waals surface area contributed by atoms with Gasteiger partial charge in [0.2, 0.25) is 0 Å². The topological polar surface area (TPSA) is 20.3 Å². The Labute approximate surface area is 181 Å². The predicted octanol–water partition coefficient (Wildman–Crippen LogP) is 7.25. The van der Waals surface area contributed by atoms with E-state index in [1.807, 2.05) is 17.4 Å². The number of nitrogens with zero attached hydrogens (tertiary/aromatic N) is 1.